The lowest BCUT2D eigenvalue weighted by atomic mass is 9.93. The Morgan fingerprint density at radius 3 is 2.06 bits per heavy atom. The van der Waals surface area contributed by atoms with Crippen LogP contribution in [0.25, 0.3) is 0 Å². The van der Waals surface area contributed by atoms with E-state index in [4.69, 9.17) is 4.74 Å². The molecule has 0 spiro atoms. The van der Waals surface area contributed by atoms with Crippen LogP contribution in [0.1, 0.15) is 67.7 Å². The number of hydrogen-bond donors (Lipinski definition) is 1. The zero-order chi connectivity index (χ0) is 13.5. The van der Waals surface area contributed by atoms with Gasteiger partial charge in [0.15, 0.2) is 0 Å². The van der Waals surface area contributed by atoms with Crippen LogP contribution in [0.3, 0.4) is 0 Å². The van der Waals surface area contributed by atoms with Crippen LogP contribution in [0.2, 0.25) is 0 Å². The molecule has 0 aromatic heterocycles. The van der Waals surface area contributed by atoms with E-state index in [1.807, 2.05) is 0 Å². The molecule has 1 atom stereocenters. The molecule has 0 rings (SSSR count). The summed E-state index contributed by atoms with van der Waals surface area (Å²) in [6.45, 7) is 17.4. The Kier molecular flexibility index (Phi) is 7.34. The molecule has 0 saturated heterocycles. The largest absolute Gasteiger partial charge is 0.377 e. The SMILES string of the molecule is CCCC(CNC(C)(C)C)OCCC(C)(C)C. The Balaban J connectivity index is 3.90. The van der Waals surface area contributed by atoms with Gasteiger partial charge >= 0.3 is 0 Å². The first-order chi connectivity index (χ1) is 7.64. The molecule has 0 aromatic rings. The molecule has 2 nitrogen and oxygen atoms in total. The van der Waals surface area contributed by atoms with Gasteiger partial charge in [0.25, 0.3) is 0 Å². The highest BCUT2D eigenvalue weighted by molar-refractivity contribution is 4.73. The zero-order valence-electron chi connectivity index (χ0n) is 13.0. The lowest BCUT2D eigenvalue weighted by Gasteiger charge is -2.26. The minimum absolute atomic E-state index is 0.180. The van der Waals surface area contributed by atoms with Crippen LogP contribution in [0, 0.1) is 5.41 Å². The van der Waals surface area contributed by atoms with E-state index >= 15 is 0 Å². The van der Waals surface area contributed by atoms with Gasteiger partial charge in [-0.3, -0.25) is 0 Å². The van der Waals surface area contributed by atoms with E-state index in [0.717, 1.165) is 26.0 Å². The van der Waals surface area contributed by atoms with Gasteiger partial charge in [-0.2, -0.15) is 0 Å². The van der Waals surface area contributed by atoms with Crippen molar-refractivity contribution in [2.24, 2.45) is 5.41 Å². The maximum Gasteiger partial charge on any atom is 0.0699 e. The second kappa shape index (κ2) is 7.38. The monoisotopic (exact) mass is 243 g/mol. The summed E-state index contributed by atoms with van der Waals surface area (Å²) in [4.78, 5) is 0. The van der Waals surface area contributed by atoms with E-state index in [2.05, 4.69) is 53.8 Å². The molecule has 0 saturated carbocycles. The normalized spacial score (nSPS) is 15.0. The second-order valence-electron chi connectivity index (χ2n) is 7.22. The number of rotatable bonds is 7. The summed E-state index contributed by atoms with van der Waals surface area (Å²) in [5, 5.41) is 3.53. The molecule has 0 aromatic carbocycles. The van der Waals surface area contributed by atoms with Crippen LogP contribution in [0.5, 0.6) is 0 Å². The van der Waals surface area contributed by atoms with Gasteiger partial charge in [-0.15, -0.1) is 0 Å². The first-order valence-electron chi connectivity index (χ1n) is 7.01. The highest BCUT2D eigenvalue weighted by Crippen LogP contribution is 2.18. The van der Waals surface area contributed by atoms with Crippen LogP contribution in [0.4, 0.5) is 0 Å². The maximum absolute atomic E-state index is 5.99. The van der Waals surface area contributed by atoms with Gasteiger partial charge in [0.05, 0.1) is 6.10 Å². The van der Waals surface area contributed by atoms with E-state index in [-0.39, 0.29) is 5.54 Å². The molecule has 104 valence electrons. The van der Waals surface area contributed by atoms with Crippen molar-refractivity contribution in [2.45, 2.75) is 79.4 Å². The summed E-state index contributed by atoms with van der Waals surface area (Å²) < 4.78 is 5.99. The molecule has 1 N–H and O–H groups in total. The summed E-state index contributed by atoms with van der Waals surface area (Å²) in [5.41, 5.74) is 0.549. The summed E-state index contributed by atoms with van der Waals surface area (Å²) in [6.07, 6.45) is 3.82. The van der Waals surface area contributed by atoms with Crippen molar-refractivity contribution < 1.29 is 4.74 Å². The standard InChI is InChI=1S/C15H33NO/c1-8-9-13(12-16-15(5,6)7)17-11-10-14(2,3)4/h13,16H,8-12H2,1-7H3. The van der Waals surface area contributed by atoms with Crippen molar-refractivity contribution in [1.29, 1.82) is 0 Å². The third-order valence-corrected chi connectivity index (χ3v) is 2.68. The lowest BCUT2D eigenvalue weighted by molar-refractivity contribution is 0.0290. The Morgan fingerprint density at radius 1 is 1.06 bits per heavy atom. The van der Waals surface area contributed by atoms with E-state index < -0.39 is 0 Å². The van der Waals surface area contributed by atoms with Crippen LogP contribution in [-0.4, -0.2) is 24.8 Å². The van der Waals surface area contributed by atoms with Crippen molar-refractivity contribution in [3.63, 3.8) is 0 Å². The Hall–Kier alpha value is -0.0800. The highest BCUT2D eigenvalue weighted by Gasteiger charge is 2.15. The third-order valence-electron chi connectivity index (χ3n) is 2.68. The smallest absolute Gasteiger partial charge is 0.0699 e. The first-order valence-corrected chi connectivity index (χ1v) is 7.01. The summed E-state index contributed by atoms with van der Waals surface area (Å²) in [7, 11) is 0. The van der Waals surface area contributed by atoms with E-state index in [9.17, 15) is 0 Å². The Labute approximate surface area is 109 Å². The topological polar surface area (TPSA) is 21.3 Å². The summed E-state index contributed by atoms with van der Waals surface area (Å²) >= 11 is 0. The fourth-order valence-corrected chi connectivity index (χ4v) is 1.52. The Bertz CT molecular complexity index is 188. The first kappa shape index (κ1) is 16.9. The molecule has 0 aliphatic carbocycles. The number of ether oxygens (including phenoxy) is 1. The molecule has 1 unspecified atom stereocenters. The lowest BCUT2D eigenvalue weighted by Crippen LogP contribution is -2.41. The van der Waals surface area contributed by atoms with Gasteiger partial charge in [0.1, 0.15) is 0 Å². The third kappa shape index (κ3) is 12.2. The van der Waals surface area contributed by atoms with Gasteiger partial charge in [0, 0.05) is 18.7 Å². The summed E-state index contributed by atoms with van der Waals surface area (Å²) in [6, 6.07) is 0. The maximum atomic E-state index is 5.99. The van der Waals surface area contributed by atoms with Gasteiger partial charge in [-0.05, 0) is 39.0 Å². The molecule has 0 heterocycles. The fourth-order valence-electron chi connectivity index (χ4n) is 1.52. The molecular weight excluding hydrogens is 210 g/mol. The van der Waals surface area contributed by atoms with Crippen LogP contribution < -0.4 is 5.32 Å². The van der Waals surface area contributed by atoms with Crippen molar-refractivity contribution >= 4 is 0 Å². The highest BCUT2D eigenvalue weighted by atomic mass is 16.5. The summed E-state index contributed by atoms with van der Waals surface area (Å²) in [5.74, 6) is 0. The molecule has 0 amide bonds. The van der Waals surface area contributed by atoms with Crippen molar-refractivity contribution in [2.75, 3.05) is 13.2 Å². The number of hydrogen-bond acceptors (Lipinski definition) is 2. The average Bonchev–Trinajstić information content (AvgIpc) is 2.11. The quantitative estimate of drug-likeness (QED) is 0.730. The van der Waals surface area contributed by atoms with E-state index in [0.29, 0.717) is 11.5 Å². The van der Waals surface area contributed by atoms with Crippen molar-refractivity contribution in [1.82, 2.24) is 5.32 Å². The minimum Gasteiger partial charge on any atom is -0.377 e. The zero-order valence-corrected chi connectivity index (χ0v) is 13.0. The molecule has 0 aliphatic rings. The van der Waals surface area contributed by atoms with E-state index in [1.165, 1.54) is 6.42 Å². The molecular formula is C15H33NO. The van der Waals surface area contributed by atoms with Crippen LogP contribution >= 0.6 is 0 Å². The van der Waals surface area contributed by atoms with Gasteiger partial charge in [-0.1, -0.05) is 34.1 Å². The fraction of sp³-hybridized carbons (Fsp3) is 1.00. The molecule has 17 heavy (non-hydrogen) atoms. The Morgan fingerprint density at radius 2 is 1.65 bits per heavy atom. The van der Waals surface area contributed by atoms with Crippen LogP contribution in [0.15, 0.2) is 0 Å². The molecule has 0 fully saturated rings. The van der Waals surface area contributed by atoms with Gasteiger partial charge in [0.2, 0.25) is 0 Å². The van der Waals surface area contributed by atoms with Crippen molar-refractivity contribution in [3.8, 4) is 0 Å². The molecule has 0 aliphatic heterocycles. The molecule has 0 radical (unpaired) electrons. The minimum atomic E-state index is 0.180. The number of nitrogens with one attached hydrogen (secondary N) is 1. The van der Waals surface area contributed by atoms with E-state index in [1.54, 1.807) is 0 Å². The van der Waals surface area contributed by atoms with Crippen molar-refractivity contribution in [3.05, 3.63) is 0 Å². The molecule has 2 heteroatoms. The molecule has 0 bridgehead atoms. The predicted molar refractivity (Wildman–Crippen MR) is 76.5 cm³/mol. The van der Waals surface area contributed by atoms with Gasteiger partial charge < -0.3 is 10.1 Å². The second-order valence-corrected chi connectivity index (χ2v) is 7.22. The van der Waals surface area contributed by atoms with Crippen LogP contribution in [-0.2, 0) is 4.74 Å². The predicted octanol–water partition coefficient (Wildman–Crippen LogP) is 4.00. The van der Waals surface area contributed by atoms with Gasteiger partial charge in [-0.25, -0.2) is 0 Å². The average molecular weight is 243 g/mol.